The first-order valence-electron chi connectivity index (χ1n) is 12.9. The molecule has 1 aliphatic rings. The normalized spacial score (nSPS) is 13.4. The van der Waals surface area contributed by atoms with E-state index in [-0.39, 0.29) is 16.9 Å². The Morgan fingerprint density at radius 2 is 1.62 bits per heavy atom. The van der Waals surface area contributed by atoms with Crippen molar-refractivity contribution < 1.29 is 23.4 Å². The average molecular weight is 539 g/mol. The first-order valence-corrected chi connectivity index (χ1v) is 12.9. The second kappa shape index (κ2) is 11.1. The van der Waals surface area contributed by atoms with Crippen molar-refractivity contribution in [1.82, 2.24) is 0 Å². The maximum absolute atomic E-state index is 14.0. The largest absolute Gasteiger partial charge is 0.496 e. The monoisotopic (exact) mass is 538 g/mol. The third kappa shape index (κ3) is 5.64. The average Bonchev–Trinajstić information content (AvgIpc) is 2.95. The van der Waals surface area contributed by atoms with Gasteiger partial charge in [0.05, 0.1) is 31.0 Å². The van der Waals surface area contributed by atoms with Gasteiger partial charge >= 0.3 is 5.97 Å². The standard InChI is InChI=1S/C33H31FN2O4/c1-33(2)19-22(20-35-29-11-7-8-12-30(29)38-3)26-17-21(13-16-28(26)36-33)24-15-14-23(18-31(24)39-4)40-32(37)25-9-5-6-10-27(25)34/h5-19,35-36H,20H2,1-4H3. The van der Waals surface area contributed by atoms with Crippen LogP contribution in [0.4, 0.5) is 15.8 Å². The summed E-state index contributed by atoms with van der Waals surface area (Å²) in [5.41, 5.74) is 5.57. The Balaban J connectivity index is 1.43. The van der Waals surface area contributed by atoms with E-state index in [2.05, 4.69) is 42.7 Å². The second-order valence-electron chi connectivity index (χ2n) is 10.1. The van der Waals surface area contributed by atoms with Gasteiger partial charge in [-0.25, -0.2) is 9.18 Å². The fraction of sp³-hybridized carbons (Fsp3) is 0.182. The molecule has 0 aromatic heterocycles. The van der Waals surface area contributed by atoms with Crippen LogP contribution in [-0.2, 0) is 0 Å². The number of hydrogen-bond donors (Lipinski definition) is 2. The van der Waals surface area contributed by atoms with Gasteiger partial charge in [0, 0.05) is 29.4 Å². The highest BCUT2D eigenvalue weighted by atomic mass is 19.1. The molecule has 0 saturated heterocycles. The summed E-state index contributed by atoms with van der Waals surface area (Å²) in [5, 5.41) is 7.11. The number of nitrogens with one attached hydrogen (secondary N) is 2. The van der Waals surface area contributed by atoms with E-state index in [1.54, 1.807) is 32.4 Å². The van der Waals surface area contributed by atoms with E-state index in [1.807, 2.05) is 36.4 Å². The molecule has 0 radical (unpaired) electrons. The van der Waals surface area contributed by atoms with E-state index < -0.39 is 11.8 Å². The number of hydrogen-bond acceptors (Lipinski definition) is 6. The van der Waals surface area contributed by atoms with Gasteiger partial charge in [-0.2, -0.15) is 0 Å². The van der Waals surface area contributed by atoms with Gasteiger partial charge < -0.3 is 24.8 Å². The lowest BCUT2D eigenvalue weighted by Gasteiger charge is -2.33. The van der Waals surface area contributed by atoms with E-state index in [0.717, 1.165) is 39.4 Å². The van der Waals surface area contributed by atoms with Gasteiger partial charge in [-0.05, 0) is 73.5 Å². The van der Waals surface area contributed by atoms with E-state index >= 15 is 0 Å². The van der Waals surface area contributed by atoms with E-state index in [0.29, 0.717) is 12.3 Å². The van der Waals surface area contributed by atoms with Crippen LogP contribution in [0.15, 0.2) is 91.0 Å². The first-order chi connectivity index (χ1) is 19.3. The summed E-state index contributed by atoms with van der Waals surface area (Å²) < 4.78 is 30.6. The minimum Gasteiger partial charge on any atom is -0.496 e. The molecule has 0 atom stereocenters. The highest BCUT2D eigenvalue weighted by Gasteiger charge is 2.25. The Hall–Kier alpha value is -4.78. The van der Waals surface area contributed by atoms with E-state index in [4.69, 9.17) is 14.2 Å². The Bertz CT molecular complexity index is 1600. The van der Waals surface area contributed by atoms with Gasteiger partial charge in [0.1, 0.15) is 23.1 Å². The number of methoxy groups -OCH3 is 2. The topological polar surface area (TPSA) is 68.8 Å². The van der Waals surface area contributed by atoms with Crippen LogP contribution in [0.3, 0.4) is 0 Å². The number of fused-ring (bicyclic) bond motifs is 1. The zero-order chi connectivity index (χ0) is 28.3. The number of halogens is 1. The summed E-state index contributed by atoms with van der Waals surface area (Å²) in [7, 11) is 3.22. The number of carbonyl (C=O) groups is 1. The van der Waals surface area contributed by atoms with E-state index in [1.165, 1.54) is 18.2 Å². The predicted octanol–water partition coefficient (Wildman–Crippen LogP) is 7.43. The summed E-state index contributed by atoms with van der Waals surface area (Å²) in [4.78, 5) is 12.5. The molecule has 7 heteroatoms. The van der Waals surface area contributed by atoms with Crippen LogP contribution in [0.5, 0.6) is 17.2 Å². The van der Waals surface area contributed by atoms with Crippen molar-refractivity contribution in [3.63, 3.8) is 0 Å². The fourth-order valence-corrected chi connectivity index (χ4v) is 4.87. The molecule has 0 fully saturated rings. The smallest absolute Gasteiger partial charge is 0.346 e. The summed E-state index contributed by atoms with van der Waals surface area (Å²) in [6, 6.07) is 24.9. The highest BCUT2D eigenvalue weighted by Crippen LogP contribution is 2.40. The summed E-state index contributed by atoms with van der Waals surface area (Å²) in [6.45, 7) is 4.87. The maximum atomic E-state index is 14.0. The number of para-hydroxylation sites is 2. The zero-order valence-corrected chi connectivity index (χ0v) is 22.9. The third-order valence-corrected chi connectivity index (χ3v) is 6.72. The molecule has 0 saturated carbocycles. The first kappa shape index (κ1) is 26.8. The Labute approximate surface area is 233 Å². The Morgan fingerprint density at radius 3 is 2.40 bits per heavy atom. The molecule has 1 aliphatic heterocycles. The molecular weight excluding hydrogens is 507 g/mol. The number of benzene rings is 4. The molecular formula is C33H31FN2O4. The number of anilines is 2. The van der Waals surface area contributed by atoms with Gasteiger partial charge in [0.25, 0.3) is 0 Å². The zero-order valence-electron chi connectivity index (χ0n) is 22.9. The fourth-order valence-electron chi connectivity index (χ4n) is 4.87. The summed E-state index contributed by atoms with van der Waals surface area (Å²) >= 11 is 0. The van der Waals surface area contributed by atoms with Crippen molar-refractivity contribution in [2.45, 2.75) is 19.4 Å². The van der Waals surface area contributed by atoms with Crippen LogP contribution in [0.2, 0.25) is 0 Å². The van der Waals surface area contributed by atoms with Crippen molar-refractivity contribution in [3.8, 4) is 28.4 Å². The minimum absolute atomic E-state index is 0.128. The molecule has 1 heterocycles. The van der Waals surface area contributed by atoms with Gasteiger partial charge in [-0.15, -0.1) is 0 Å². The number of carbonyl (C=O) groups excluding carboxylic acids is 1. The van der Waals surface area contributed by atoms with E-state index in [9.17, 15) is 9.18 Å². The van der Waals surface area contributed by atoms with Crippen LogP contribution < -0.4 is 24.8 Å². The van der Waals surface area contributed by atoms with Crippen LogP contribution in [0.25, 0.3) is 16.7 Å². The Morgan fingerprint density at radius 1 is 0.875 bits per heavy atom. The maximum Gasteiger partial charge on any atom is 0.346 e. The lowest BCUT2D eigenvalue weighted by Crippen LogP contribution is -2.32. The molecule has 0 spiro atoms. The van der Waals surface area contributed by atoms with Crippen molar-refractivity contribution >= 4 is 22.9 Å². The van der Waals surface area contributed by atoms with Gasteiger partial charge in [-0.1, -0.05) is 36.4 Å². The van der Waals surface area contributed by atoms with Crippen LogP contribution in [-0.4, -0.2) is 32.3 Å². The molecule has 0 bridgehead atoms. The van der Waals surface area contributed by atoms with Gasteiger partial charge in [-0.3, -0.25) is 0 Å². The SMILES string of the molecule is COc1ccccc1NCC1=CC(C)(C)Nc2ccc(-c3ccc(OC(=O)c4ccccc4F)cc3OC)cc21. The second-order valence-corrected chi connectivity index (χ2v) is 10.1. The quantitative estimate of drug-likeness (QED) is 0.180. The van der Waals surface area contributed by atoms with Crippen molar-refractivity contribution in [2.24, 2.45) is 0 Å². The third-order valence-electron chi connectivity index (χ3n) is 6.72. The molecule has 40 heavy (non-hydrogen) atoms. The molecule has 4 aromatic carbocycles. The molecule has 4 aromatic rings. The van der Waals surface area contributed by atoms with Crippen molar-refractivity contribution in [3.05, 3.63) is 108 Å². The molecule has 0 amide bonds. The van der Waals surface area contributed by atoms with Crippen LogP contribution in [0, 0.1) is 5.82 Å². The lowest BCUT2D eigenvalue weighted by atomic mass is 9.88. The molecule has 5 rings (SSSR count). The summed E-state index contributed by atoms with van der Waals surface area (Å²) in [5.74, 6) is 0.168. The van der Waals surface area contributed by atoms with Crippen molar-refractivity contribution in [1.29, 1.82) is 0 Å². The number of rotatable bonds is 8. The minimum atomic E-state index is -0.771. The molecule has 2 N–H and O–H groups in total. The molecule has 0 aliphatic carbocycles. The van der Waals surface area contributed by atoms with Crippen molar-refractivity contribution in [2.75, 3.05) is 31.4 Å². The number of ether oxygens (including phenoxy) is 3. The van der Waals surface area contributed by atoms with Crippen LogP contribution in [0.1, 0.15) is 29.8 Å². The van der Waals surface area contributed by atoms with Crippen LogP contribution >= 0.6 is 0 Å². The van der Waals surface area contributed by atoms with Gasteiger partial charge in [0.2, 0.25) is 0 Å². The molecule has 6 nitrogen and oxygen atoms in total. The van der Waals surface area contributed by atoms with Gasteiger partial charge in [0.15, 0.2) is 0 Å². The molecule has 0 unspecified atom stereocenters. The molecule has 204 valence electrons. The summed E-state index contributed by atoms with van der Waals surface area (Å²) in [6.07, 6.45) is 2.23. The predicted molar refractivity (Wildman–Crippen MR) is 157 cm³/mol. The number of esters is 1. The lowest BCUT2D eigenvalue weighted by molar-refractivity contribution is 0.0729. The Kier molecular flexibility index (Phi) is 7.47. The highest BCUT2D eigenvalue weighted by molar-refractivity contribution is 5.92.